The quantitative estimate of drug-likeness (QED) is 0.926. The van der Waals surface area contributed by atoms with Crippen LogP contribution in [0, 0.1) is 11.6 Å². The molecule has 1 heterocycles. The molecule has 19 heavy (non-hydrogen) atoms. The van der Waals surface area contributed by atoms with Crippen LogP contribution < -0.4 is 5.32 Å². The van der Waals surface area contributed by atoms with Gasteiger partial charge in [0, 0.05) is 12.3 Å². The Hall–Kier alpha value is -1.01. The highest BCUT2D eigenvalue weighted by Crippen LogP contribution is 2.24. The molecule has 2 rings (SSSR count). The predicted octanol–water partition coefficient (Wildman–Crippen LogP) is 2.05. The molecule has 1 atom stereocenters. The number of piperidine rings is 1. The first-order chi connectivity index (χ1) is 8.89. The largest absolute Gasteiger partial charge is 0.314 e. The summed E-state index contributed by atoms with van der Waals surface area (Å²) in [6.07, 6.45) is 4.28. The summed E-state index contributed by atoms with van der Waals surface area (Å²) in [4.78, 5) is -0.819. The lowest BCUT2D eigenvalue weighted by molar-refractivity contribution is 0.393. The van der Waals surface area contributed by atoms with Gasteiger partial charge in [-0.3, -0.25) is 0 Å². The van der Waals surface area contributed by atoms with Crippen molar-refractivity contribution in [2.45, 2.75) is 36.6 Å². The second-order valence-corrected chi connectivity index (χ2v) is 6.93. The zero-order valence-electron chi connectivity index (χ0n) is 10.7. The van der Waals surface area contributed by atoms with Crippen LogP contribution in [-0.4, -0.2) is 27.3 Å². The van der Waals surface area contributed by atoms with Crippen LogP contribution in [0.15, 0.2) is 17.0 Å². The van der Waals surface area contributed by atoms with Gasteiger partial charge in [-0.15, -0.1) is 0 Å². The lowest BCUT2D eigenvalue weighted by Crippen LogP contribution is -2.35. The van der Waals surface area contributed by atoms with Gasteiger partial charge in [0.05, 0.1) is 0 Å². The number of rotatable bonds is 3. The summed E-state index contributed by atoms with van der Waals surface area (Å²) in [5.74, 6) is -1.98. The van der Waals surface area contributed by atoms with Crippen LogP contribution in [0.1, 0.15) is 24.8 Å². The minimum Gasteiger partial charge on any atom is -0.314 e. The third-order valence-electron chi connectivity index (χ3n) is 3.38. The molecule has 3 nitrogen and oxygen atoms in total. The SMILES string of the molecule is CS(=O)(=O)c1c(F)ccc(CC2CCCCN2)c1F. The van der Waals surface area contributed by atoms with E-state index in [1.807, 2.05) is 0 Å². The molecule has 1 aliphatic rings. The Labute approximate surface area is 111 Å². The maximum atomic E-state index is 14.1. The molecule has 0 aliphatic carbocycles. The third-order valence-corrected chi connectivity index (χ3v) is 4.49. The van der Waals surface area contributed by atoms with Gasteiger partial charge in [-0.2, -0.15) is 0 Å². The van der Waals surface area contributed by atoms with E-state index in [0.29, 0.717) is 6.42 Å². The Morgan fingerprint density at radius 3 is 2.63 bits per heavy atom. The number of sulfone groups is 1. The van der Waals surface area contributed by atoms with E-state index in [1.54, 1.807) is 0 Å². The second kappa shape index (κ2) is 5.54. The minimum atomic E-state index is -3.90. The Kier molecular flexibility index (Phi) is 4.20. The summed E-state index contributed by atoms with van der Waals surface area (Å²) in [5, 5.41) is 3.26. The molecular weight excluding hydrogens is 272 g/mol. The average molecular weight is 289 g/mol. The molecule has 0 aromatic heterocycles. The van der Waals surface area contributed by atoms with Crippen LogP contribution in [0.2, 0.25) is 0 Å². The highest BCUT2D eigenvalue weighted by molar-refractivity contribution is 7.90. The molecule has 1 aromatic carbocycles. The van der Waals surface area contributed by atoms with Crippen molar-refractivity contribution >= 4 is 9.84 Å². The lowest BCUT2D eigenvalue weighted by Gasteiger charge is -2.23. The Morgan fingerprint density at radius 1 is 1.32 bits per heavy atom. The van der Waals surface area contributed by atoms with Crippen molar-refractivity contribution in [2.24, 2.45) is 0 Å². The molecule has 1 saturated heterocycles. The smallest absolute Gasteiger partial charge is 0.181 e. The van der Waals surface area contributed by atoms with Gasteiger partial charge in [0.15, 0.2) is 9.84 Å². The maximum absolute atomic E-state index is 14.1. The van der Waals surface area contributed by atoms with Crippen LogP contribution in [-0.2, 0) is 16.3 Å². The normalized spacial score (nSPS) is 20.5. The molecule has 1 aromatic rings. The van der Waals surface area contributed by atoms with Gasteiger partial charge < -0.3 is 5.32 Å². The Bertz CT molecular complexity index is 566. The van der Waals surface area contributed by atoms with E-state index in [-0.39, 0.29) is 11.6 Å². The maximum Gasteiger partial charge on any atom is 0.181 e. The second-order valence-electron chi connectivity index (χ2n) is 4.97. The van der Waals surface area contributed by atoms with Gasteiger partial charge in [0.1, 0.15) is 16.5 Å². The minimum absolute atomic E-state index is 0.126. The predicted molar refractivity (Wildman–Crippen MR) is 68.8 cm³/mol. The monoisotopic (exact) mass is 289 g/mol. The highest BCUT2D eigenvalue weighted by atomic mass is 32.2. The van der Waals surface area contributed by atoms with E-state index in [9.17, 15) is 17.2 Å². The van der Waals surface area contributed by atoms with Gasteiger partial charge in [0.25, 0.3) is 0 Å². The van der Waals surface area contributed by atoms with Crippen molar-refractivity contribution in [1.29, 1.82) is 0 Å². The van der Waals surface area contributed by atoms with Gasteiger partial charge in [-0.1, -0.05) is 12.5 Å². The molecule has 0 saturated carbocycles. The van der Waals surface area contributed by atoms with E-state index in [4.69, 9.17) is 0 Å². The molecule has 0 spiro atoms. The standard InChI is InChI=1S/C13H17F2NO2S/c1-19(17,18)13-11(14)6-5-9(12(13)15)8-10-4-2-3-7-16-10/h5-6,10,16H,2-4,7-8H2,1H3. The van der Waals surface area contributed by atoms with Crippen molar-refractivity contribution in [1.82, 2.24) is 5.32 Å². The summed E-state index contributed by atoms with van der Waals surface area (Å²) in [7, 11) is -3.90. The lowest BCUT2D eigenvalue weighted by atomic mass is 9.97. The topological polar surface area (TPSA) is 46.2 Å². The van der Waals surface area contributed by atoms with Crippen LogP contribution in [0.25, 0.3) is 0 Å². The molecule has 1 N–H and O–H groups in total. The number of benzene rings is 1. The Balaban J connectivity index is 2.32. The zero-order chi connectivity index (χ0) is 14.0. The molecule has 1 aliphatic heterocycles. The van der Waals surface area contributed by atoms with E-state index < -0.39 is 26.4 Å². The van der Waals surface area contributed by atoms with Crippen molar-refractivity contribution in [3.63, 3.8) is 0 Å². The van der Waals surface area contributed by atoms with Gasteiger partial charge in [-0.25, -0.2) is 17.2 Å². The van der Waals surface area contributed by atoms with Crippen LogP contribution in [0.5, 0.6) is 0 Å². The van der Waals surface area contributed by atoms with Crippen molar-refractivity contribution < 1.29 is 17.2 Å². The first-order valence-corrected chi connectivity index (χ1v) is 8.19. The number of halogens is 2. The van der Waals surface area contributed by atoms with Crippen molar-refractivity contribution in [2.75, 3.05) is 12.8 Å². The third kappa shape index (κ3) is 3.30. The van der Waals surface area contributed by atoms with Crippen molar-refractivity contribution in [3.8, 4) is 0 Å². The number of hydrogen-bond acceptors (Lipinski definition) is 3. The van der Waals surface area contributed by atoms with Gasteiger partial charge in [0.2, 0.25) is 0 Å². The average Bonchev–Trinajstić information content (AvgIpc) is 2.32. The molecular formula is C13H17F2NO2S. The summed E-state index contributed by atoms with van der Waals surface area (Å²) in [5.41, 5.74) is 0.251. The van der Waals surface area contributed by atoms with Gasteiger partial charge in [-0.05, 0) is 37.4 Å². The summed E-state index contributed by atoms with van der Waals surface area (Å²) in [6.45, 7) is 0.881. The fraction of sp³-hybridized carbons (Fsp3) is 0.538. The molecule has 0 amide bonds. The van der Waals surface area contributed by atoms with E-state index >= 15 is 0 Å². The number of hydrogen-bond donors (Lipinski definition) is 1. The highest BCUT2D eigenvalue weighted by Gasteiger charge is 2.24. The van der Waals surface area contributed by atoms with E-state index in [2.05, 4.69) is 5.32 Å². The summed E-state index contributed by atoms with van der Waals surface area (Å²) < 4.78 is 50.5. The van der Waals surface area contributed by atoms with Crippen LogP contribution in [0.3, 0.4) is 0 Å². The molecule has 1 unspecified atom stereocenters. The Morgan fingerprint density at radius 2 is 2.05 bits per heavy atom. The fourth-order valence-corrected chi connectivity index (χ4v) is 3.31. The molecule has 1 fully saturated rings. The molecule has 0 radical (unpaired) electrons. The first-order valence-electron chi connectivity index (χ1n) is 6.30. The first kappa shape index (κ1) is 14.4. The van der Waals surface area contributed by atoms with Crippen LogP contribution >= 0.6 is 0 Å². The summed E-state index contributed by atoms with van der Waals surface area (Å²) in [6, 6.07) is 2.48. The fourth-order valence-electron chi connectivity index (χ4n) is 2.43. The van der Waals surface area contributed by atoms with E-state index in [1.165, 1.54) is 6.07 Å². The zero-order valence-corrected chi connectivity index (χ0v) is 11.6. The van der Waals surface area contributed by atoms with E-state index in [0.717, 1.165) is 38.1 Å². The van der Waals surface area contributed by atoms with Crippen molar-refractivity contribution in [3.05, 3.63) is 29.3 Å². The molecule has 0 bridgehead atoms. The van der Waals surface area contributed by atoms with Crippen LogP contribution in [0.4, 0.5) is 8.78 Å². The summed E-state index contributed by atoms with van der Waals surface area (Å²) >= 11 is 0. The molecule has 106 valence electrons. The van der Waals surface area contributed by atoms with Gasteiger partial charge >= 0.3 is 0 Å². The molecule has 6 heteroatoms. The number of nitrogens with one attached hydrogen (secondary N) is 1.